The highest BCUT2D eigenvalue weighted by atomic mass is 16.1. The topological polar surface area (TPSA) is 34.1 Å². The maximum Gasteiger partial charge on any atom is 0.193 e. The molecule has 2 nitrogen and oxygen atoms in total. The molecule has 0 aromatic heterocycles. The molecule has 1 unspecified atom stereocenters. The average Bonchev–Trinajstić information content (AvgIpc) is 2.64. The average molecular weight is 336 g/mol. The Morgan fingerprint density at radius 1 is 0.800 bits per heavy atom. The summed E-state index contributed by atoms with van der Waals surface area (Å²) in [6.07, 6.45) is 5.67. The van der Waals surface area contributed by atoms with Crippen molar-refractivity contribution in [2.24, 2.45) is 5.92 Å². The minimum absolute atomic E-state index is 0.00777. The molecule has 2 heteroatoms. The van der Waals surface area contributed by atoms with Crippen LogP contribution in [-0.4, -0.2) is 11.6 Å². The minimum atomic E-state index is -0.00777. The molecule has 0 amide bonds. The van der Waals surface area contributed by atoms with E-state index in [1.54, 1.807) is 24.3 Å². The first kappa shape index (κ1) is 19.1. The summed E-state index contributed by atoms with van der Waals surface area (Å²) in [5.74, 6) is 0.202. The van der Waals surface area contributed by atoms with Crippen molar-refractivity contribution in [3.05, 3.63) is 70.8 Å². The number of Topliss-reactive ketones (excluding diaryl/α,β-unsaturated/α-hetero) is 1. The summed E-state index contributed by atoms with van der Waals surface area (Å²) >= 11 is 0. The monoisotopic (exact) mass is 336 g/mol. The first-order valence-electron chi connectivity index (χ1n) is 9.28. The van der Waals surface area contributed by atoms with Gasteiger partial charge >= 0.3 is 0 Å². The summed E-state index contributed by atoms with van der Waals surface area (Å²) in [5, 5.41) is 0. The van der Waals surface area contributed by atoms with E-state index in [-0.39, 0.29) is 17.5 Å². The van der Waals surface area contributed by atoms with Crippen LogP contribution in [0.4, 0.5) is 0 Å². The van der Waals surface area contributed by atoms with Crippen LogP contribution < -0.4 is 0 Å². The fourth-order valence-electron chi connectivity index (χ4n) is 2.95. The van der Waals surface area contributed by atoms with Crippen LogP contribution in [0.3, 0.4) is 0 Å². The zero-order valence-electron chi connectivity index (χ0n) is 15.5. The predicted octanol–water partition coefficient (Wildman–Crippen LogP) is 6.02. The van der Waals surface area contributed by atoms with E-state index in [0.29, 0.717) is 16.7 Å². The lowest BCUT2D eigenvalue weighted by molar-refractivity contribution is 0.0921. The van der Waals surface area contributed by atoms with E-state index in [1.807, 2.05) is 38.1 Å². The Hall–Kier alpha value is -2.22. The number of ketones is 2. The molecule has 0 saturated carbocycles. The number of carbonyl (C=O) groups is 2. The number of aryl methyl sites for hydroxylation is 1. The van der Waals surface area contributed by atoms with Crippen molar-refractivity contribution in [2.45, 2.75) is 52.9 Å². The van der Waals surface area contributed by atoms with E-state index in [0.717, 1.165) is 18.4 Å². The Labute approximate surface area is 151 Å². The van der Waals surface area contributed by atoms with Crippen molar-refractivity contribution in [2.75, 3.05) is 0 Å². The van der Waals surface area contributed by atoms with Crippen molar-refractivity contribution in [3.8, 4) is 0 Å². The van der Waals surface area contributed by atoms with Gasteiger partial charge in [-0.25, -0.2) is 0 Å². The Balaban J connectivity index is 2.00. The second-order valence-corrected chi connectivity index (χ2v) is 6.89. The molecule has 132 valence electrons. The molecule has 0 aliphatic heterocycles. The summed E-state index contributed by atoms with van der Waals surface area (Å²) in [7, 11) is 0. The summed E-state index contributed by atoms with van der Waals surface area (Å²) in [5.41, 5.74) is 3.12. The Bertz CT molecular complexity index is 696. The third-order valence-corrected chi connectivity index (χ3v) is 4.68. The summed E-state index contributed by atoms with van der Waals surface area (Å²) in [4.78, 5) is 25.0. The number of hydrogen-bond acceptors (Lipinski definition) is 2. The van der Waals surface area contributed by atoms with Crippen LogP contribution in [-0.2, 0) is 0 Å². The fourth-order valence-corrected chi connectivity index (χ4v) is 2.95. The lowest BCUT2D eigenvalue weighted by Crippen LogP contribution is -2.12. The predicted molar refractivity (Wildman–Crippen MR) is 103 cm³/mol. The third-order valence-electron chi connectivity index (χ3n) is 4.68. The summed E-state index contributed by atoms with van der Waals surface area (Å²) < 4.78 is 0. The van der Waals surface area contributed by atoms with E-state index >= 15 is 0 Å². The smallest absolute Gasteiger partial charge is 0.193 e. The normalized spacial score (nSPS) is 12.0. The lowest BCUT2D eigenvalue weighted by atomic mass is 9.92. The van der Waals surface area contributed by atoms with Gasteiger partial charge in [0.1, 0.15) is 0 Å². The van der Waals surface area contributed by atoms with E-state index in [2.05, 4.69) is 6.92 Å². The number of rotatable bonds is 9. The maximum atomic E-state index is 12.5. The van der Waals surface area contributed by atoms with Gasteiger partial charge in [0.2, 0.25) is 0 Å². The van der Waals surface area contributed by atoms with Crippen LogP contribution in [0.1, 0.15) is 77.8 Å². The van der Waals surface area contributed by atoms with Crippen molar-refractivity contribution >= 4 is 11.6 Å². The number of benzene rings is 2. The summed E-state index contributed by atoms with van der Waals surface area (Å²) in [6, 6.07) is 14.7. The molecule has 2 rings (SSSR count). The second kappa shape index (κ2) is 9.31. The first-order chi connectivity index (χ1) is 12.0. The van der Waals surface area contributed by atoms with Crippen LogP contribution in [0.2, 0.25) is 0 Å². The number of carbonyl (C=O) groups excluding carboxylic acids is 2. The minimum Gasteiger partial charge on any atom is -0.294 e. The van der Waals surface area contributed by atoms with Gasteiger partial charge in [-0.15, -0.1) is 0 Å². The van der Waals surface area contributed by atoms with Crippen LogP contribution >= 0.6 is 0 Å². The van der Waals surface area contributed by atoms with Gasteiger partial charge in [0.25, 0.3) is 0 Å². The molecule has 0 fully saturated rings. The Morgan fingerprint density at radius 3 is 1.88 bits per heavy atom. The third kappa shape index (κ3) is 5.38. The molecule has 2 aromatic carbocycles. The van der Waals surface area contributed by atoms with Crippen LogP contribution in [0.5, 0.6) is 0 Å². The molecule has 1 atom stereocenters. The van der Waals surface area contributed by atoms with Gasteiger partial charge in [-0.05, 0) is 13.3 Å². The van der Waals surface area contributed by atoms with E-state index in [4.69, 9.17) is 0 Å². The molecule has 0 bridgehead atoms. The summed E-state index contributed by atoms with van der Waals surface area (Å²) in [6.45, 7) is 6.19. The van der Waals surface area contributed by atoms with E-state index in [9.17, 15) is 9.59 Å². The van der Waals surface area contributed by atoms with Gasteiger partial charge in [-0.2, -0.15) is 0 Å². The van der Waals surface area contributed by atoms with Gasteiger partial charge in [-0.3, -0.25) is 9.59 Å². The molecule has 0 heterocycles. The SMILES string of the molecule is CCCCCCC(C)C(=O)c1ccc(C(=O)c2ccc(C)cc2)cc1. The highest BCUT2D eigenvalue weighted by Crippen LogP contribution is 2.18. The van der Waals surface area contributed by atoms with Crippen LogP contribution in [0.15, 0.2) is 48.5 Å². The second-order valence-electron chi connectivity index (χ2n) is 6.89. The molecule has 0 radical (unpaired) electrons. The molecule has 0 saturated heterocycles. The number of hydrogen-bond donors (Lipinski definition) is 0. The van der Waals surface area contributed by atoms with Gasteiger partial charge in [0.05, 0.1) is 0 Å². The van der Waals surface area contributed by atoms with Crippen molar-refractivity contribution < 1.29 is 9.59 Å². The molecule has 25 heavy (non-hydrogen) atoms. The zero-order valence-corrected chi connectivity index (χ0v) is 15.5. The van der Waals surface area contributed by atoms with Crippen molar-refractivity contribution in [1.82, 2.24) is 0 Å². The molecule has 0 aliphatic carbocycles. The van der Waals surface area contributed by atoms with E-state index in [1.165, 1.54) is 19.3 Å². The largest absolute Gasteiger partial charge is 0.294 e. The molecular weight excluding hydrogens is 308 g/mol. The highest BCUT2D eigenvalue weighted by molar-refractivity contribution is 6.09. The van der Waals surface area contributed by atoms with Crippen LogP contribution in [0.25, 0.3) is 0 Å². The Kier molecular flexibility index (Phi) is 7.12. The Morgan fingerprint density at radius 2 is 1.32 bits per heavy atom. The van der Waals surface area contributed by atoms with Gasteiger partial charge in [0.15, 0.2) is 11.6 Å². The van der Waals surface area contributed by atoms with Crippen molar-refractivity contribution in [3.63, 3.8) is 0 Å². The van der Waals surface area contributed by atoms with E-state index < -0.39 is 0 Å². The lowest BCUT2D eigenvalue weighted by Gasteiger charge is -2.11. The van der Waals surface area contributed by atoms with Gasteiger partial charge in [0, 0.05) is 22.6 Å². The molecule has 0 N–H and O–H groups in total. The first-order valence-corrected chi connectivity index (χ1v) is 9.28. The molecular formula is C23H28O2. The maximum absolute atomic E-state index is 12.5. The quantitative estimate of drug-likeness (QED) is 0.415. The van der Waals surface area contributed by atoms with Gasteiger partial charge < -0.3 is 0 Å². The van der Waals surface area contributed by atoms with Gasteiger partial charge in [-0.1, -0.05) is 93.6 Å². The molecule has 0 spiro atoms. The zero-order chi connectivity index (χ0) is 18.2. The number of unbranched alkanes of at least 4 members (excludes halogenated alkanes) is 3. The van der Waals surface area contributed by atoms with Crippen molar-refractivity contribution in [1.29, 1.82) is 0 Å². The highest BCUT2D eigenvalue weighted by Gasteiger charge is 2.16. The molecule has 2 aromatic rings. The fraction of sp³-hybridized carbons (Fsp3) is 0.391. The van der Waals surface area contributed by atoms with Crippen LogP contribution in [0, 0.1) is 12.8 Å². The molecule has 0 aliphatic rings. The standard InChI is InChI=1S/C23H28O2/c1-4-5-6-7-8-18(3)22(24)19-13-15-21(16-14-19)23(25)20-11-9-17(2)10-12-20/h9-16,18H,4-8H2,1-3H3.